The van der Waals surface area contributed by atoms with Gasteiger partial charge in [-0.05, 0) is 39.2 Å². The van der Waals surface area contributed by atoms with Crippen LogP contribution in [-0.2, 0) is 4.79 Å². The van der Waals surface area contributed by atoms with Crippen molar-refractivity contribution in [1.82, 2.24) is 14.7 Å². The van der Waals surface area contributed by atoms with Gasteiger partial charge in [-0.3, -0.25) is 9.69 Å². The first-order valence-corrected chi connectivity index (χ1v) is 8.05. The summed E-state index contributed by atoms with van der Waals surface area (Å²) in [6.45, 7) is 2.82. The Morgan fingerprint density at radius 2 is 1.52 bits per heavy atom. The number of hydrogen-bond donors (Lipinski definition) is 1. The number of likely N-dealkylation sites (tertiary alicyclic amines) is 2. The van der Waals surface area contributed by atoms with Crippen LogP contribution in [0.15, 0.2) is 0 Å². The molecule has 0 aliphatic carbocycles. The minimum Gasteiger partial charge on any atom is -0.481 e. The lowest BCUT2D eigenvalue weighted by atomic mass is 9.97. The fourth-order valence-electron chi connectivity index (χ4n) is 4.00. The van der Waals surface area contributed by atoms with Crippen molar-refractivity contribution in [2.75, 3.05) is 33.2 Å². The Balaban J connectivity index is 1.57. The van der Waals surface area contributed by atoms with E-state index in [0.29, 0.717) is 38.0 Å². The third-order valence-corrected chi connectivity index (χ3v) is 5.53. The van der Waals surface area contributed by atoms with E-state index >= 15 is 0 Å². The maximum Gasteiger partial charge on any atom is 0.320 e. The molecule has 3 rings (SSSR count). The molecule has 2 amide bonds. The summed E-state index contributed by atoms with van der Waals surface area (Å²) < 4.78 is 0. The highest BCUT2D eigenvalue weighted by Gasteiger charge is 2.37. The zero-order valence-corrected chi connectivity index (χ0v) is 12.7. The topological polar surface area (TPSA) is 64.1 Å². The minimum atomic E-state index is -0.726. The molecule has 0 aromatic heterocycles. The van der Waals surface area contributed by atoms with Gasteiger partial charge in [-0.15, -0.1) is 0 Å². The summed E-state index contributed by atoms with van der Waals surface area (Å²) in [5.74, 6) is -1.00. The molecule has 2 atom stereocenters. The van der Waals surface area contributed by atoms with Crippen LogP contribution >= 0.6 is 0 Å². The molecule has 6 heteroatoms. The van der Waals surface area contributed by atoms with Gasteiger partial charge in [0.05, 0.1) is 5.92 Å². The zero-order valence-electron chi connectivity index (χ0n) is 12.7. The number of aliphatic carboxylic acids is 1. The van der Waals surface area contributed by atoms with Crippen LogP contribution in [0.1, 0.15) is 32.1 Å². The second kappa shape index (κ2) is 5.83. The minimum absolute atomic E-state index is 0.111. The van der Waals surface area contributed by atoms with E-state index < -0.39 is 5.97 Å². The van der Waals surface area contributed by atoms with Gasteiger partial charge in [0.2, 0.25) is 0 Å². The molecule has 1 N–H and O–H groups in total. The number of piperidine rings is 1. The lowest BCUT2D eigenvalue weighted by molar-refractivity contribution is -0.143. The number of carboxylic acids is 1. The van der Waals surface area contributed by atoms with E-state index in [2.05, 4.69) is 11.9 Å². The number of amides is 2. The molecular formula is C15H25N3O3. The van der Waals surface area contributed by atoms with Gasteiger partial charge in [0.1, 0.15) is 0 Å². The Bertz CT molecular complexity index is 420. The largest absolute Gasteiger partial charge is 0.481 e. The van der Waals surface area contributed by atoms with Crippen LogP contribution in [0.4, 0.5) is 4.79 Å². The van der Waals surface area contributed by atoms with E-state index in [0.717, 1.165) is 19.5 Å². The summed E-state index contributed by atoms with van der Waals surface area (Å²) in [5, 5.41) is 9.03. The number of carboxylic acid groups (broad SMARTS) is 1. The molecule has 2 unspecified atom stereocenters. The summed E-state index contributed by atoms with van der Waals surface area (Å²) in [5.41, 5.74) is 0. The average Bonchev–Trinajstić information content (AvgIpc) is 2.71. The molecule has 6 nitrogen and oxygen atoms in total. The molecule has 3 saturated heterocycles. The second-order valence-electron chi connectivity index (χ2n) is 6.67. The van der Waals surface area contributed by atoms with Gasteiger partial charge in [0.15, 0.2) is 0 Å². The third kappa shape index (κ3) is 2.86. The van der Waals surface area contributed by atoms with E-state index in [-0.39, 0.29) is 11.9 Å². The summed E-state index contributed by atoms with van der Waals surface area (Å²) in [6, 6.07) is 1.24. The molecule has 0 aromatic carbocycles. The Labute approximate surface area is 125 Å². The van der Waals surface area contributed by atoms with Crippen LogP contribution in [0, 0.1) is 5.92 Å². The molecular weight excluding hydrogens is 270 g/mol. The van der Waals surface area contributed by atoms with Gasteiger partial charge in [0, 0.05) is 38.3 Å². The molecule has 3 aliphatic heterocycles. The number of fused-ring (bicyclic) bond motifs is 2. The van der Waals surface area contributed by atoms with Crippen molar-refractivity contribution in [2.24, 2.45) is 5.92 Å². The lowest BCUT2D eigenvalue weighted by Gasteiger charge is -2.35. The SMILES string of the molecule is CN1C2CCC1CN(C(=O)N1CCC(C(=O)O)CC1)CC2. The fourth-order valence-corrected chi connectivity index (χ4v) is 4.00. The predicted molar refractivity (Wildman–Crippen MR) is 78.1 cm³/mol. The molecule has 0 radical (unpaired) electrons. The quantitative estimate of drug-likeness (QED) is 0.786. The molecule has 0 saturated carbocycles. The van der Waals surface area contributed by atoms with Gasteiger partial charge in [-0.2, -0.15) is 0 Å². The number of rotatable bonds is 1. The molecule has 3 fully saturated rings. The number of nitrogens with zero attached hydrogens (tertiary/aromatic N) is 3. The molecule has 118 valence electrons. The van der Waals surface area contributed by atoms with Crippen molar-refractivity contribution < 1.29 is 14.7 Å². The Kier molecular flexibility index (Phi) is 4.06. The normalized spacial score (nSPS) is 31.3. The molecule has 3 heterocycles. The van der Waals surface area contributed by atoms with Crippen LogP contribution in [0.25, 0.3) is 0 Å². The van der Waals surface area contributed by atoms with Gasteiger partial charge < -0.3 is 14.9 Å². The average molecular weight is 295 g/mol. The highest BCUT2D eigenvalue weighted by Crippen LogP contribution is 2.29. The first kappa shape index (κ1) is 14.6. The monoisotopic (exact) mass is 295 g/mol. The van der Waals surface area contributed by atoms with Crippen molar-refractivity contribution in [2.45, 2.75) is 44.2 Å². The number of carbonyl (C=O) groups is 2. The highest BCUT2D eigenvalue weighted by molar-refractivity contribution is 5.75. The molecule has 2 bridgehead atoms. The Morgan fingerprint density at radius 1 is 0.905 bits per heavy atom. The highest BCUT2D eigenvalue weighted by atomic mass is 16.4. The summed E-state index contributed by atoms with van der Waals surface area (Å²) >= 11 is 0. The van der Waals surface area contributed by atoms with Crippen LogP contribution in [0.2, 0.25) is 0 Å². The van der Waals surface area contributed by atoms with Gasteiger partial charge in [0.25, 0.3) is 0 Å². The summed E-state index contributed by atoms with van der Waals surface area (Å²) in [7, 11) is 2.18. The number of urea groups is 1. The van der Waals surface area contributed by atoms with Crippen LogP contribution < -0.4 is 0 Å². The van der Waals surface area contributed by atoms with Crippen LogP contribution in [0.3, 0.4) is 0 Å². The number of carbonyl (C=O) groups excluding carboxylic acids is 1. The number of hydrogen-bond acceptors (Lipinski definition) is 3. The van der Waals surface area contributed by atoms with Crippen LogP contribution in [0.5, 0.6) is 0 Å². The third-order valence-electron chi connectivity index (χ3n) is 5.53. The molecule has 21 heavy (non-hydrogen) atoms. The predicted octanol–water partition coefficient (Wildman–Crippen LogP) is 1.07. The summed E-state index contributed by atoms with van der Waals surface area (Å²) in [6.07, 6.45) is 4.67. The maximum absolute atomic E-state index is 12.7. The molecule has 3 aliphatic rings. The van der Waals surface area contributed by atoms with E-state index in [4.69, 9.17) is 5.11 Å². The zero-order chi connectivity index (χ0) is 15.0. The molecule has 0 spiro atoms. The lowest BCUT2D eigenvalue weighted by Crippen LogP contribution is -2.49. The number of likely N-dealkylation sites (N-methyl/N-ethyl adjacent to an activating group) is 1. The maximum atomic E-state index is 12.7. The van der Waals surface area contributed by atoms with Gasteiger partial charge >= 0.3 is 12.0 Å². The Hall–Kier alpha value is -1.30. The van der Waals surface area contributed by atoms with E-state index in [1.165, 1.54) is 12.8 Å². The van der Waals surface area contributed by atoms with Gasteiger partial charge in [-0.25, -0.2) is 4.79 Å². The van der Waals surface area contributed by atoms with Crippen molar-refractivity contribution in [3.05, 3.63) is 0 Å². The first-order chi connectivity index (χ1) is 10.1. The van der Waals surface area contributed by atoms with Crippen molar-refractivity contribution in [1.29, 1.82) is 0 Å². The fraction of sp³-hybridized carbons (Fsp3) is 0.867. The van der Waals surface area contributed by atoms with Crippen LogP contribution in [-0.4, -0.2) is 77.1 Å². The van der Waals surface area contributed by atoms with Gasteiger partial charge in [-0.1, -0.05) is 0 Å². The smallest absolute Gasteiger partial charge is 0.320 e. The van der Waals surface area contributed by atoms with Crippen molar-refractivity contribution >= 4 is 12.0 Å². The van der Waals surface area contributed by atoms with E-state index in [9.17, 15) is 9.59 Å². The van der Waals surface area contributed by atoms with E-state index in [1.54, 1.807) is 0 Å². The van der Waals surface area contributed by atoms with Crippen molar-refractivity contribution in [3.63, 3.8) is 0 Å². The summed E-state index contributed by atoms with van der Waals surface area (Å²) in [4.78, 5) is 29.9. The second-order valence-corrected chi connectivity index (χ2v) is 6.67. The first-order valence-electron chi connectivity index (χ1n) is 8.05. The van der Waals surface area contributed by atoms with E-state index in [1.807, 2.05) is 9.80 Å². The van der Waals surface area contributed by atoms with Crippen molar-refractivity contribution in [3.8, 4) is 0 Å². The molecule has 0 aromatic rings. The Morgan fingerprint density at radius 3 is 2.19 bits per heavy atom. The standard InChI is InChI=1S/C15H25N3O3/c1-16-12-2-3-13(16)10-18(9-6-12)15(21)17-7-4-11(5-8-17)14(19)20/h11-13H,2-10H2,1H3,(H,19,20).